The molecule has 1 fully saturated rings. The average molecular weight is 216 g/mol. The Bertz CT molecular complexity index is 366. The van der Waals surface area contributed by atoms with E-state index in [1.165, 1.54) is 6.20 Å². The molecule has 0 N–H and O–H groups in total. The third-order valence-corrected chi connectivity index (χ3v) is 3.62. The van der Waals surface area contributed by atoms with Crippen LogP contribution in [0.15, 0.2) is 16.6 Å². The first-order valence-electron chi connectivity index (χ1n) is 4.47. The van der Waals surface area contributed by atoms with Crippen LogP contribution in [0.3, 0.4) is 0 Å². The van der Waals surface area contributed by atoms with E-state index < -0.39 is 9.84 Å². The zero-order valence-electron chi connectivity index (χ0n) is 7.72. The summed E-state index contributed by atoms with van der Waals surface area (Å²) in [5.41, 5.74) is 0. The summed E-state index contributed by atoms with van der Waals surface area (Å²) >= 11 is 0. The van der Waals surface area contributed by atoms with Crippen LogP contribution in [0.25, 0.3) is 0 Å². The fourth-order valence-electron chi connectivity index (χ4n) is 1.43. The Hall–Kier alpha value is -0.720. The number of morpholine rings is 1. The maximum atomic E-state index is 11.4. The molecule has 5 nitrogen and oxygen atoms in total. The van der Waals surface area contributed by atoms with Crippen molar-refractivity contribution in [2.45, 2.75) is 0 Å². The molecular weight excluding hydrogens is 204 g/mol. The van der Waals surface area contributed by atoms with E-state index in [9.17, 15) is 8.42 Å². The van der Waals surface area contributed by atoms with Gasteiger partial charge in [0.25, 0.3) is 0 Å². The number of hydrogen-bond acceptors (Lipinski definition) is 5. The summed E-state index contributed by atoms with van der Waals surface area (Å²) in [5.74, 6) is 0. The van der Waals surface area contributed by atoms with Crippen molar-refractivity contribution in [2.24, 2.45) is 4.99 Å². The van der Waals surface area contributed by atoms with Crippen molar-refractivity contribution >= 4 is 14.9 Å². The summed E-state index contributed by atoms with van der Waals surface area (Å²) in [5, 5.41) is 1.39. The van der Waals surface area contributed by atoms with Gasteiger partial charge in [0.15, 0.2) is 5.04 Å². The number of nitrogens with zero attached hydrogens (tertiary/aromatic N) is 2. The summed E-state index contributed by atoms with van der Waals surface area (Å²) in [6.45, 7) is 3.28. The Morgan fingerprint density at radius 2 is 2.14 bits per heavy atom. The van der Waals surface area contributed by atoms with Crippen molar-refractivity contribution in [3.63, 3.8) is 0 Å². The Balaban J connectivity index is 1.98. The second-order valence-corrected chi connectivity index (χ2v) is 5.07. The number of aliphatic imine (C=N–C) groups is 1. The maximum absolute atomic E-state index is 11.4. The predicted octanol–water partition coefficient (Wildman–Crippen LogP) is -0.383. The van der Waals surface area contributed by atoms with Crippen LogP contribution in [0, 0.1) is 0 Å². The number of rotatable bonds is 2. The minimum atomic E-state index is -3.20. The lowest BCUT2D eigenvalue weighted by molar-refractivity contribution is 0.0455. The molecule has 0 radical (unpaired) electrons. The zero-order chi connectivity index (χ0) is 10.0. The van der Waals surface area contributed by atoms with Gasteiger partial charge in [-0.05, 0) is 0 Å². The SMILES string of the molecule is O=S1(=O)C=CN=C1CN1CCOCC1. The third kappa shape index (κ3) is 2.02. The van der Waals surface area contributed by atoms with Gasteiger partial charge in [0.2, 0.25) is 9.84 Å². The Labute approximate surface area is 83.0 Å². The molecule has 6 heteroatoms. The van der Waals surface area contributed by atoms with Gasteiger partial charge in [0.1, 0.15) is 0 Å². The van der Waals surface area contributed by atoms with Gasteiger partial charge in [-0.3, -0.25) is 4.90 Å². The van der Waals surface area contributed by atoms with Gasteiger partial charge in [0, 0.05) is 19.3 Å². The highest BCUT2D eigenvalue weighted by molar-refractivity contribution is 8.09. The van der Waals surface area contributed by atoms with Gasteiger partial charge in [0.05, 0.1) is 25.2 Å². The first-order valence-corrected chi connectivity index (χ1v) is 6.01. The summed E-state index contributed by atoms with van der Waals surface area (Å²) in [6, 6.07) is 0. The van der Waals surface area contributed by atoms with E-state index >= 15 is 0 Å². The molecular formula is C8H12N2O3S. The molecule has 14 heavy (non-hydrogen) atoms. The lowest BCUT2D eigenvalue weighted by atomic mass is 10.4. The molecule has 0 amide bonds. The first-order chi connectivity index (χ1) is 6.68. The average Bonchev–Trinajstić information content (AvgIpc) is 2.48. The third-order valence-electron chi connectivity index (χ3n) is 2.25. The van der Waals surface area contributed by atoms with Crippen LogP contribution >= 0.6 is 0 Å². The molecule has 0 aromatic rings. The minimum Gasteiger partial charge on any atom is -0.379 e. The highest BCUT2D eigenvalue weighted by atomic mass is 32.2. The van der Waals surface area contributed by atoms with Crippen LogP contribution in [0.2, 0.25) is 0 Å². The van der Waals surface area contributed by atoms with E-state index in [1.807, 2.05) is 4.90 Å². The molecule has 2 aliphatic heterocycles. The molecule has 0 saturated carbocycles. The highest BCUT2D eigenvalue weighted by Crippen LogP contribution is 2.08. The Morgan fingerprint density at radius 1 is 1.43 bits per heavy atom. The molecule has 0 aromatic heterocycles. The van der Waals surface area contributed by atoms with Crippen molar-refractivity contribution in [1.29, 1.82) is 0 Å². The van der Waals surface area contributed by atoms with Gasteiger partial charge in [-0.2, -0.15) is 0 Å². The normalized spacial score (nSPS) is 26.4. The van der Waals surface area contributed by atoms with Crippen LogP contribution in [0.4, 0.5) is 0 Å². The van der Waals surface area contributed by atoms with Gasteiger partial charge in [-0.15, -0.1) is 0 Å². The molecule has 1 saturated heterocycles. The van der Waals surface area contributed by atoms with E-state index in [1.54, 1.807) is 0 Å². The summed E-state index contributed by atoms with van der Waals surface area (Å²) < 4.78 is 27.9. The molecule has 2 heterocycles. The van der Waals surface area contributed by atoms with Crippen molar-refractivity contribution in [3.05, 3.63) is 11.6 Å². The lowest BCUT2D eigenvalue weighted by Gasteiger charge is -2.25. The molecule has 2 rings (SSSR count). The smallest absolute Gasteiger partial charge is 0.215 e. The second-order valence-electron chi connectivity index (χ2n) is 3.24. The fraction of sp³-hybridized carbons (Fsp3) is 0.625. The van der Waals surface area contributed by atoms with Crippen LogP contribution in [-0.2, 0) is 14.6 Å². The molecule has 2 aliphatic rings. The quantitative estimate of drug-likeness (QED) is 0.631. The number of sulfone groups is 1. The Kier molecular flexibility index (Phi) is 2.66. The van der Waals surface area contributed by atoms with E-state index in [4.69, 9.17) is 4.74 Å². The van der Waals surface area contributed by atoms with Gasteiger partial charge in [-0.1, -0.05) is 0 Å². The van der Waals surface area contributed by atoms with Crippen molar-refractivity contribution in [1.82, 2.24) is 4.90 Å². The van der Waals surface area contributed by atoms with E-state index in [2.05, 4.69) is 4.99 Å². The lowest BCUT2D eigenvalue weighted by Crippen LogP contribution is -2.40. The fourth-order valence-corrected chi connectivity index (χ4v) is 2.38. The summed E-state index contributed by atoms with van der Waals surface area (Å²) in [6.07, 6.45) is 1.34. The molecule has 0 aliphatic carbocycles. The largest absolute Gasteiger partial charge is 0.379 e. The number of ether oxygens (including phenoxy) is 1. The number of hydrogen-bond donors (Lipinski definition) is 0. The molecule has 0 spiro atoms. The minimum absolute atomic E-state index is 0.249. The van der Waals surface area contributed by atoms with Crippen molar-refractivity contribution < 1.29 is 13.2 Å². The standard InChI is InChI=1S/C8H12N2O3S/c11-14(12)6-1-9-8(14)7-10-2-4-13-5-3-10/h1,6H,2-5,7H2. The zero-order valence-corrected chi connectivity index (χ0v) is 8.53. The van der Waals surface area contributed by atoms with Crippen LogP contribution in [-0.4, -0.2) is 51.2 Å². The highest BCUT2D eigenvalue weighted by Gasteiger charge is 2.23. The van der Waals surface area contributed by atoms with Gasteiger partial charge >= 0.3 is 0 Å². The molecule has 0 aromatic carbocycles. The summed E-state index contributed by atoms with van der Waals surface area (Å²) in [4.78, 5) is 5.88. The predicted molar refractivity (Wildman–Crippen MR) is 52.8 cm³/mol. The maximum Gasteiger partial charge on any atom is 0.215 e. The van der Waals surface area contributed by atoms with Crippen molar-refractivity contribution in [3.8, 4) is 0 Å². The monoisotopic (exact) mass is 216 g/mol. The topological polar surface area (TPSA) is 59.0 Å². The molecule has 0 atom stereocenters. The molecule has 78 valence electrons. The van der Waals surface area contributed by atoms with E-state index in [-0.39, 0.29) is 5.04 Å². The van der Waals surface area contributed by atoms with Gasteiger partial charge in [-0.25, -0.2) is 13.4 Å². The molecule has 0 unspecified atom stereocenters. The second kappa shape index (κ2) is 3.80. The van der Waals surface area contributed by atoms with Crippen LogP contribution < -0.4 is 0 Å². The van der Waals surface area contributed by atoms with Crippen LogP contribution in [0.1, 0.15) is 0 Å². The van der Waals surface area contributed by atoms with Crippen molar-refractivity contribution in [2.75, 3.05) is 32.8 Å². The van der Waals surface area contributed by atoms with Gasteiger partial charge < -0.3 is 4.74 Å². The van der Waals surface area contributed by atoms with E-state index in [0.717, 1.165) is 18.5 Å². The van der Waals surface area contributed by atoms with Crippen LogP contribution in [0.5, 0.6) is 0 Å². The van der Waals surface area contributed by atoms with E-state index in [0.29, 0.717) is 19.8 Å². The summed E-state index contributed by atoms with van der Waals surface area (Å²) in [7, 11) is -3.20. The first kappa shape index (κ1) is 9.82. The molecule has 0 bridgehead atoms. The Morgan fingerprint density at radius 3 is 2.71 bits per heavy atom.